The summed E-state index contributed by atoms with van der Waals surface area (Å²) < 4.78 is 5.08. The number of fused-ring (bicyclic) bond motifs is 1. The number of hydrogen-bond acceptors (Lipinski definition) is 2. The molecular formula is C12H10O2. The summed E-state index contributed by atoms with van der Waals surface area (Å²) in [6.07, 6.45) is 1.74. The van der Waals surface area contributed by atoms with Gasteiger partial charge < -0.3 is 4.42 Å². The zero-order valence-corrected chi connectivity index (χ0v) is 7.91. The van der Waals surface area contributed by atoms with Crippen molar-refractivity contribution < 1.29 is 4.42 Å². The Morgan fingerprint density at radius 1 is 1.36 bits per heavy atom. The van der Waals surface area contributed by atoms with Crippen molar-refractivity contribution >= 4 is 17.0 Å². The first-order valence-electron chi connectivity index (χ1n) is 4.37. The van der Waals surface area contributed by atoms with E-state index in [1.165, 1.54) is 6.07 Å². The molecule has 2 aromatic rings. The van der Waals surface area contributed by atoms with Crippen molar-refractivity contribution in [3.05, 3.63) is 52.4 Å². The Bertz CT molecular complexity index is 550. The minimum Gasteiger partial charge on any atom is -0.423 e. The van der Waals surface area contributed by atoms with Crippen LogP contribution < -0.4 is 5.63 Å². The molecule has 0 radical (unpaired) electrons. The van der Waals surface area contributed by atoms with Gasteiger partial charge in [0.2, 0.25) is 0 Å². The average Bonchev–Trinajstić information content (AvgIpc) is 2.16. The smallest absolute Gasteiger partial charge is 0.336 e. The molecule has 0 fully saturated rings. The second kappa shape index (κ2) is 3.14. The van der Waals surface area contributed by atoms with E-state index in [0.717, 1.165) is 16.5 Å². The summed E-state index contributed by atoms with van der Waals surface area (Å²) >= 11 is 0. The molecule has 1 aromatic heterocycles. The highest BCUT2D eigenvalue weighted by atomic mass is 16.4. The molecule has 0 aliphatic rings. The summed E-state index contributed by atoms with van der Waals surface area (Å²) in [5.74, 6) is 0. The lowest BCUT2D eigenvalue weighted by atomic mass is 10.1. The Morgan fingerprint density at radius 2 is 2.14 bits per heavy atom. The number of hydrogen-bond donors (Lipinski definition) is 0. The molecule has 0 atom stereocenters. The van der Waals surface area contributed by atoms with Crippen LogP contribution in [0.3, 0.4) is 0 Å². The zero-order valence-electron chi connectivity index (χ0n) is 7.91. The third-order valence-electron chi connectivity index (χ3n) is 2.20. The summed E-state index contributed by atoms with van der Waals surface area (Å²) in [5.41, 5.74) is 2.34. The van der Waals surface area contributed by atoms with Crippen LogP contribution in [0.5, 0.6) is 0 Å². The molecule has 2 nitrogen and oxygen atoms in total. The molecule has 0 amide bonds. The molecular weight excluding hydrogens is 176 g/mol. The molecule has 0 aliphatic heterocycles. The summed E-state index contributed by atoms with van der Waals surface area (Å²) in [4.78, 5) is 11.0. The minimum atomic E-state index is -0.321. The highest BCUT2D eigenvalue weighted by Crippen LogP contribution is 2.19. The minimum absolute atomic E-state index is 0.321. The molecule has 0 spiro atoms. The van der Waals surface area contributed by atoms with Crippen molar-refractivity contribution in [3.63, 3.8) is 0 Å². The van der Waals surface area contributed by atoms with Crippen LogP contribution >= 0.6 is 0 Å². The highest BCUT2D eigenvalue weighted by Gasteiger charge is 2.01. The van der Waals surface area contributed by atoms with Crippen molar-refractivity contribution in [1.82, 2.24) is 0 Å². The van der Waals surface area contributed by atoms with Gasteiger partial charge in [0, 0.05) is 11.5 Å². The summed E-state index contributed by atoms with van der Waals surface area (Å²) in [5, 5.41) is 0.968. The molecule has 70 valence electrons. The van der Waals surface area contributed by atoms with Gasteiger partial charge in [-0.3, -0.25) is 0 Å². The summed E-state index contributed by atoms with van der Waals surface area (Å²) in [6, 6.07) is 7.04. The Morgan fingerprint density at radius 3 is 2.86 bits per heavy atom. The normalized spacial score (nSPS) is 10.4. The van der Waals surface area contributed by atoms with Crippen LogP contribution in [0.25, 0.3) is 17.0 Å². The van der Waals surface area contributed by atoms with E-state index in [1.807, 2.05) is 19.1 Å². The van der Waals surface area contributed by atoms with E-state index >= 15 is 0 Å². The third-order valence-corrected chi connectivity index (χ3v) is 2.20. The van der Waals surface area contributed by atoms with E-state index in [2.05, 4.69) is 6.58 Å². The Labute approximate surface area is 81.5 Å². The van der Waals surface area contributed by atoms with Crippen molar-refractivity contribution in [2.75, 3.05) is 0 Å². The average molecular weight is 186 g/mol. The van der Waals surface area contributed by atoms with Gasteiger partial charge in [-0.05, 0) is 30.2 Å². The standard InChI is InChI=1S/C12H10O2/c1-3-9-6-8(2)10-4-5-12(13)14-11(10)7-9/h3-7H,1H2,2H3. The second-order valence-electron chi connectivity index (χ2n) is 3.21. The van der Waals surface area contributed by atoms with E-state index in [1.54, 1.807) is 12.1 Å². The maximum atomic E-state index is 11.0. The van der Waals surface area contributed by atoms with Crippen LogP contribution in [0.2, 0.25) is 0 Å². The van der Waals surface area contributed by atoms with E-state index < -0.39 is 0 Å². The van der Waals surface area contributed by atoms with Gasteiger partial charge in [0.25, 0.3) is 0 Å². The lowest BCUT2D eigenvalue weighted by Gasteiger charge is -2.01. The molecule has 1 heterocycles. The van der Waals surface area contributed by atoms with Gasteiger partial charge in [-0.1, -0.05) is 18.7 Å². The van der Waals surface area contributed by atoms with Gasteiger partial charge in [0.05, 0.1) is 0 Å². The second-order valence-corrected chi connectivity index (χ2v) is 3.21. The van der Waals surface area contributed by atoms with Crippen molar-refractivity contribution in [3.8, 4) is 0 Å². The zero-order chi connectivity index (χ0) is 10.1. The highest BCUT2D eigenvalue weighted by molar-refractivity contribution is 5.82. The molecule has 2 heteroatoms. The fraction of sp³-hybridized carbons (Fsp3) is 0.0833. The number of aryl methyl sites for hydroxylation is 1. The molecule has 0 aliphatic carbocycles. The Kier molecular flexibility index (Phi) is 1.97. The number of rotatable bonds is 1. The predicted octanol–water partition coefficient (Wildman–Crippen LogP) is 2.74. The largest absolute Gasteiger partial charge is 0.423 e. The predicted molar refractivity (Wildman–Crippen MR) is 57.3 cm³/mol. The summed E-state index contributed by atoms with van der Waals surface area (Å²) in [7, 11) is 0. The van der Waals surface area contributed by atoms with Crippen LogP contribution in [0.15, 0.2) is 40.1 Å². The van der Waals surface area contributed by atoms with Gasteiger partial charge in [0.15, 0.2) is 0 Å². The molecule has 0 unspecified atom stereocenters. The van der Waals surface area contributed by atoms with Crippen LogP contribution in [0.4, 0.5) is 0 Å². The number of benzene rings is 1. The van der Waals surface area contributed by atoms with Gasteiger partial charge >= 0.3 is 5.63 Å². The topological polar surface area (TPSA) is 30.2 Å². The maximum absolute atomic E-state index is 11.0. The maximum Gasteiger partial charge on any atom is 0.336 e. The lowest BCUT2D eigenvalue weighted by molar-refractivity contribution is 0.561. The van der Waals surface area contributed by atoms with E-state index in [-0.39, 0.29) is 5.63 Å². The molecule has 0 bridgehead atoms. The molecule has 0 saturated heterocycles. The van der Waals surface area contributed by atoms with Crippen LogP contribution in [-0.2, 0) is 0 Å². The van der Waals surface area contributed by atoms with Crippen molar-refractivity contribution in [2.24, 2.45) is 0 Å². The van der Waals surface area contributed by atoms with Crippen LogP contribution in [0.1, 0.15) is 11.1 Å². The fourth-order valence-electron chi connectivity index (χ4n) is 1.50. The van der Waals surface area contributed by atoms with Crippen molar-refractivity contribution in [1.29, 1.82) is 0 Å². The molecule has 14 heavy (non-hydrogen) atoms. The third kappa shape index (κ3) is 1.35. The molecule has 0 saturated carbocycles. The quantitative estimate of drug-likeness (QED) is 0.641. The molecule has 0 N–H and O–H groups in total. The lowest BCUT2D eigenvalue weighted by Crippen LogP contribution is -1.95. The first-order valence-corrected chi connectivity index (χ1v) is 4.37. The van der Waals surface area contributed by atoms with E-state index in [9.17, 15) is 4.79 Å². The monoisotopic (exact) mass is 186 g/mol. The van der Waals surface area contributed by atoms with Crippen LogP contribution in [0, 0.1) is 6.92 Å². The Hall–Kier alpha value is -1.83. The summed E-state index contributed by atoms with van der Waals surface area (Å²) in [6.45, 7) is 5.66. The van der Waals surface area contributed by atoms with Crippen LogP contribution in [-0.4, -0.2) is 0 Å². The van der Waals surface area contributed by atoms with Gasteiger partial charge in [-0.2, -0.15) is 0 Å². The van der Waals surface area contributed by atoms with Gasteiger partial charge in [-0.15, -0.1) is 0 Å². The van der Waals surface area contributed by atoms with E-state index in [4.69, 9.17) is 4.42 Å². The van der Waals surface area contributed by atoms with E-state index in [0.29, 0.717) is 5.58 Å². The van der Waals surface area contributed by atoms with Gasteiger partial charge in [0.1, 0.15) is 5.58 Å². The molecule has 2 rings (SSSR count). The Balaban J connectivity index is 2.90. The first-order chi connectivity index (χ1) is 6.70. The van der Waals surface area contributed by atoms with Crippen molar-refractivity contribution in [2.45, 2.75) is 6.92 Å². The first kappa shape index (κ1) is 8.75. The SMILES string of the molecule is C=Cc1cc(C)c2ccc(=O)oc2c1. The van der Waals surface area contributed by atoms with Gasteiger partial charge in [-0.25, -0.2) is 4.79 Å². The molecule has 1 aromatic carbocycles. The fourth-order valence-corrected chi connectivity index (χ4v) is 1.50.